The van der Waals surface area contributed by atoms with E-state index in [-0.39, 0.29) is 5.41 Å². The molecule has 0 aliphatic rings. The second-order valence-electron chi connectivity index (χ2n) is 5.45. The molecule has 0 spiro atoms. The molecule has 1 N–H and O–H groups in total. The SMILES string of the molecule is COc1ccccc1NCc1csc(C(C)(C)C)n1. The van der Waals surface area contributed by atoms with Crippen molar-refractivity contribution in [1.29, 1.82) is 0 Å². The minimum Gasteiger partial charge on any atom is -0.495 e. The summed E-state index contributed by atoms with van der Waals surface area (Å²) < 4.78 is 5.31. The van der Waals surface area contributed by atoms with Crippen molar-refractivity contribution < 1.29 is 4.74 Å². The van der Waals surface area contributed by atoms with Gasteiger partial charge in [-0.25, -0.2) is 4.98 Å². The smallest absolute Gasteiger partial charge is 0.141 e. The van der Waals surface area contributed by atoms with Gasteiger partial charge in [0.15, 0.2) is 0 Å². The molecular formula is C15H20N2OS. The minimum atomic E-state index is 0.118. The van der Waals surface area contributed by atoms with Crippen LogP contribution in [0.25, 0.3) is 0 Å². The zero-order valence-corrected chi connectivity index (χ0v) is 12.7. The van der Waals surface area contributed by atoms with Gasteiger partial charge in [-0.2, -0.15) is 0 Å². The molecule has 0 aliphatic carbocycles. The first kappa shape index (κ1) is 13.9. The van der Waals surface area contributed by atoms with Gasteiger partial charge >= 0.3 is 0 Å². The molecule has 1 aromatic heterocycles. The largest absolute Gasteiger partial charge is 0.495 e. The van der Waals surface area contributed by atoms with Gasteiger partial charge in [0, 0.05) is 10.8 Å². The Morgan fingerprint density at radius 3 is 2.63 bits per heavy atom. The second kappa shape index (κ2) is 5.61. The van der Waals surface area contributed by atoms with E-state index < -0.39 is 0 Å². The normalized spacial score (nSPS) is 11.4. The molecule has 1 aromatic carbocycles. The number of hydrogen-bond donors (Lipinski definition) is 1. The lowest BCUT2D eigenvalue weighted by Gasteiger charge is -2.13. The average Bonchev–Trinajstić information content (AvgIpc) is 2.85. The number of benzene rings is 1. The van der Waals surface area contributed by atoms with Gasteiger partial charge in [0.1, 0.15) is 5.75 Å². The molecule has 102 valence electrons. The predicted molar refractivity (Wildman–Crippen MR) is 81.1 cm³/mol. The fraction of sp³-hybridized carbons (Fsp3) is 0.400. The van der Waals surface area contributed by atoms with Crippen molar-refractivity contribution in [1.82, 2.24) is 4.98 Å². The summed E-state index contributed by atoms with van der Waals surface area (Å²) in [5.41, 5.74) is 2.18. The van der Waals surface area contributed by atoms with Gasteiger partial charge in [-0.3, -0.25) is 0 Å². The van der Waals surface area contributed by atoms with Gasteiger partial charge in [0.05, 0.1) is 30.0 Å². The second-order valence-corrected chi connectivity index (χ2v) is 6.31. The first-order chi connectivity index (χ1) is 9.00. The van der Waals surface area contributed by atoms with Crippen LogP contribution in [0.15, 0.2) is 29.6 Å². The topological polar surface area (TPSA) is 34.1 Å². The molecule has 3 nitrogen and oxygen atoms in total. The summed E-state index contributed by atoms with van der Waals surface area (Å²) in [5.74, 6) is 0.855. The number of ether oxygens (including phenoxy) is 1. The van der Waals surface area contributed by atoms with E-state index >= 15 is 0 Å². The Morgan fingerprint density at radius 2 is 2.00 bits per heavy atom. The van der Waals surface area contributed by atoms with Crippen LogP contribution in [-0.2, 0) is 12.0 Å². The first-order valence-corrected chi connectivity index (χ1v) is 7.20. The van der Waals surface area contributed by atoms with Gasteiger partial charge in [0.2, 0.25) is 0 Å². The highest BCUT2D eigenvalue weighted by Crippen LogP contribution is 2.27. The average molecular weight is 276 g/mol. The molecule has 4 heteroatoms. The highest BCUT2D eigenvalue weighted by atomic mass is 32.1. The third-order valence-corrected chi connectivity index (χ3v) is 4.08. The van der Waals surface area contributed by atoms with E-state index in [1.807, 2.05) is 24.3 Å². The molecular weight excluding hydrogens is 256 g/mol. The lowest BCUT2D eigenvalue weighted by molar-refractivity contribution is 0.416. The van der Waals surface area contributed by atoms with Gasteiger partial charge < -0.3 is 10.1 Å². The standard InChI is InChI=1S/C15H20N2OS/c1-15(2,3)14-17-11(10-19-14)9-16-12-7-5-6-8-13(12)18-4/h5-8,10,16H,9H2,1-4H3. The highest BCUT2D eigenvalue weighted by Gasteiger charge is 2.17. The Kier molecular flexibility index (Phi) is 4.10. The summed E-state index contributed by atoms with van der Waals surface area (Å²) in [5, 5.41) is 6.65. The molecule has 0 amide bonds. The lowest BCUT2D eigenvalue weighted by atomic mass is 9.98. The van der Waals surface area contributed by atoms with E-state index in [9.17, 15) is 0 Å². The van der Waals surface area contributed by atoms with Gasteiger partial charge in [-0.1, -0.05) is 32.9 Å². The van der Waals surface area contributed by atoms with Crippen molar-refractivity contribution in [3.8, 4) is 5.75 Å². The van der Waals surface area contributed by atoms with Crippen molar-refractivity contribution in [3.05, 3.63) is 40.3 Å². The van der Waals surface area contributed by atoms with Gasteiger partial charge in [-0.15, -0.1) is 11.3 Å². The lowest BCUT2D eigenvalue weighted by Crippen LogP contribution is -2.11. The predicted octanol–water partition coefficient (Wildman–Crippen LogP) is 4.06. The van der Waals surface area contributed by atoms with E-state index in [1.165, 1.54) is 5.01 Å². The van der Waals surface area contributed by atoms with Crippen molar-refractivity contribution in [2.75, 3.05) is 12.4 Å². The molecule has 2 aromatic rings. The van der Waals surface area contributed by atoms with Crippen molar-refractivity contribution in [3.63, 3.8) is 0 Å². The van der Waals surface area contributed by atoms with Crippen LogP contribution in [0.1, 0.15) is 31.5 Å². The van der Waals surface area contributed by atoms with Crippen LogP contribution in [0.2, 0.25) is 0 Å². The summed E-state index contributed by atoms with van der Waals surface area (Å²) >= 11 is 1.72. The number of aromatic nitrogens is 1. The van der Waals surface area contributed by atoms with Crippen LogP contribution in [0.4, 0.5) is 5.69 Å². The zero-order chi connectivity index (χ0) is 13.9. The Bertz CT molecular complexity index is 543. The molecule has 0 saturated carbocycles. The van der Waals surface area contributed by atoms with Gasteiger partial charge in [0.25, 0.3) is 0 Å². The summed E-state index contributed by atoms with van der Waals surface area (Å²) in [6.07, 6.45) is 0. The summed E-state index contributed by atoms with van der Waals surface area (Å²) in [6, 6.07) is 7.91. The molecule has 0 bridgehead atoms. The molecule has 0 atom stereocenters. The van der Waals surface area contributed by atoms with Crippen LogP contribution < -0.4 is 10.1 Å². The number of nitrogens with one attached hydrogen (secondary N) is 1. The van der Waals surface area contributed by atoms with Crippen LogP contribution in [0.5, 0.6) is 5.75 Å². The van der Waals surface area contributed by atoms with E-state index in [4.69, 9.17) is 4.74 Å². The third-order valence-electron chi connectivity index (χ3n) is 2.76. The summed E-state index contributed by atoms with van der Waals surface area (Å²) in [6.45, 7) is 7.27. The Morgan fingerprint density at radius 1 is 1.26 bits per heavy atom. The van der Waals surface area contributed by atoms with Crippen LogP contribution >= 0.6 is 11.3 Å². The minimum absolute atomic E-state index is 0.118. The molecule has 0 unspecified atom stereocenters. The molecule has 19 heavy (non-hydrogen) atoms. The van der Waals surface area contributed by atoms with Crippen LogP contribution in [0, 0.1) is 0 Å². The monoisotopic (exact) mass is 276 g/mol. The number of methoxy groups -OCH3 is 1. The molecule has 2 rings (SSSR count). The highest BCUT2D eigenvalue weighted by molar-refractivity contribution is 7.09. The summed E-state index contributed by atoms with van der Waals surface area (Å²) in [7, 11) is 1.68. The first-order valence-electron chi connectivity index (χ1n) is 6.32. The van der Waals surface area contributed by atoms with Crippen molar-refractivity contribution in [2.24, 2.45) is 0 Å². The Balaban J connectivity index is 2.05. The van der Waals surface area contributed by atoms with Crippen LogP contribution in [0.3, 0.4) is 0 Å². The molecule has 0 aliphatic heterocycles. The number of anilines is 1. The maximum Gasteiger partial charge on any atom is 0.141 e. The number of nitrogens with zero attached hydrogens (tertiary/aromatic N) is 1. The Hall–Kier alpha value is -1.55. The van der Waals surface area contributed by atoms with Gasteiger partial charge in [-0.05, 0) is 12.1 Å². The maximum absolute atomic E-state index is 5.31. The number of rotatable bonds is 4. The van der Waals surface area contributed by atoms with Crippen molar-refractivity contribution >= 4 is 17.0 Å². The molecule has 0 fully saturated rings. The zero-order valence-electron chi connectivity index (χ0n) is 11.9. The van der Waals surface area contributed by atoms with E-state index in [0.717, 1.165) is 17.1 Å². The third kappa shape index (κ3) is 3.47. The molecule has 0 saturated heterocycles. The van der Waals surface area contributed by atoms with Crippen molar-refractivity contribution in [2.45, 2.75) is 32.7 Å². The summed E-state index contributed by atoms with van der Waals surface area (Å²) in [4.78, 5) is 4.67. The quantitative estimate of drug-likeness (QED) is 0.914. The maximum atomic E-state index is 5.31. The fourth-order valence-corrected chi connectivity index (χ4v) is 2.62. The fourth-order valence-electron chi connectivity index (χ4n) is 1.71. The number of hydrogen-bond acceptors (Lipinski definition) is 4. The van der Waals surface area contributed by atoms with E-state index in [1.54, 1.807) is 18.4 Å². The van der Waals surface area contributed by atoms with E-state index in [0.29, 0.717) is 6.54 Å². The number of para-hydroxylation sites is 2. The van der Waals surface area contributed by atoms with Crippen LogP contribution in [-0.4, -0.2) is 12.1 Å². The Labute approximate surface area is 118 Å². The molecule has 1 heterocycles. The van der Waals surface area contributed by atoms with E-state index in [2.05, 4.69) is 36.5 Å². The molecule has 0 radical (unpaired) electrons. The number of thiazole rings is 1.